The molecule has 3 N–H and O–H groups in total. The van der Waals surface area contributed by atoms with Gasteiger partial charge in [0.05, 0.1) is 0 Å². The van der Waals surface area contributed by atoms with Crippen LogP contribution in [0.15, 0.2) is 52.9 Å². The van der Waals surface area contributed by atoms with Crippen LogP contribution in [0.2, 0.25) is 0 Å². The third kappa shape index (κ3) is 4.59. The number of piperidine rings is 3. The standard InChI is InChI=1S/C26H30N4O3/c1-16(2)27-26(32)28-20-7-3-5-18(13-20)21-8-4-6-19-14-23(33-24(19)21)25(31)29-22-15-30-11-9-17(22)10-12-30/h3-8,13-14,16-17,22H,9-12,15H2,1-2H3,(H,29,31)(H2,27,28,32)/t22-/m0/s1. The maximum atomic E-state index is 13.0. The molecule has 0 spiro atoms. The number of amides is 3. The number of fused-ring (bicyclic) bond motifs is 4. The third-order valence-corrected chi connectivity index (χ3v) is 6.59. The smallest absolute Gasteiger partial charge is 0.319 e. The molecule has 3 aromatic rings. The van der Waals surface area contributed by atoms with Crippen molar-refractivity contribution in [3.05, 3.63) is 54.3 Å². The van der Waals surface area contributed by atoms with Crippen LogP contribution in [-0.4, -0.2) is 48.6 Å². The molecule has 3 saturated heterocycles. The number of furan rings is 1. The summed E-state index contributed by atoms with van der Waals surface area (Å²) in [5.41, 5.74) is 3.14. The molecular formula is C26H30N4O3. The van der Waals surface area contributed by atoms with E-state index in [4.69, 9.17) is 4.42 Å². The average Bonchev–Trinajstić information content (AvgIpc) is 3.24. The van der Waals surface area contributed by atoms with E-state index in [1.54, 1.807) is 0 Å². The molecule has 3 amide bonds. The van der Waals surface area contributed by atoms with Crippen molar-refractivity contribution in [2.24, 2.45) is 5.92 Å². The minimum Gasteiger partial charge on any atom is -0.450 e. The quantitative estimate of drug-likeness (QED) is 0.540. The summed E-state index contributed by atoms with van der Waals surface area (Å²) in [6, 6.07) is 15.3. The molecule has 3 fully saturated rings. The number of hydrogen-bond acceptors (Lipinski definition) is 4. The third-order valence-electron chi connectivity index (χ3n) is 6.59. The Kier molecular flexibility index (Phi) is 5.81. The average molecular weight is 447 g/mol. The Labute approximate surface area is 193 Å². The fraction of sp³-hybridized carbons (Fsp3) is 0.385. The van der Waals surface area contributed by atoms with E-state index in [2.05, 4.69) is 20.9 Å². The van der Waals surface area contributed by atoms with Gasteiger partial charge in [-0.1, -0.05) is 30.3 Å². The second-order valence-electron chi connectivity index (χ2n) is 9.39. The topological polar surface area (TPSA) is 86.6 Å². The summed E-state index contributed by atoms with van der Waals surface area (Å²) >= 11 is 0. The van der Waals surface area contributed by atoms with Crippen LogP contribution >= 0.6 is 0 Å². The van der Waals surface area contributed by atoms with Crippen LogP contribution in [0, 0.1) is 5.92 Å². The summed E-state index contributed by atoms with van der Waals surface area (Å²) < 4.78 is 6.09. The predicted molar refractivity (Wildman–Crippen MR) is 129 cm³/mol. The van der Waals surface area contributed by atoms with E-state index in [-0.39, 0.29) is 24.0 Å². The Balaban J connectivity index is 1.37. The fourth-order valence-electron chi connectivity index (χ4n) is 4.96. The highest BCUT2D eigenvalue weighted by Crippen LogP contribution is 2.33. The lowest BCUT2D eigenvalue weighted by Crippen LogP contribution is -2.57. The van der Waals surface area contributed by atoms with Gasteiger partial charge in [-0.25, -0.2) is 4.79 Å². The van der Waals surface area contributed by atoms with Crippen LogP contribution < -0.4 is 16.0 Å². The SMILES string of the molecule is CC(C)NC(=O)Nc1cccc(-c2cccc3cc(C(=O)N[C@H]4CN5CCC4CC5)oc23)c1. The molecule has 2 bridgehead atoms. The summed E-state index contributed by atoms with van der Waals surface area (Å²) in [6.45, 7) is 7.03. The summed E-state index contributed by atoms with van der Waals surface area (Å²) in [4.78, 5) is 27.5. The first-order valence-corrected chi connectivity index (χ1v) is 11.7. The Hall–Kier alpha value is -3.32. The summed E-state index contributed by atoms with van der Waals surface area (Å²) in [7, 11) is 0. The van der Waals surface area contributed by atoms with Gasteiger partial charge >= 0.3 is 6.03 Å². The number of para-hydroxylation sites is 1. The van der Waals surface area contributed by atoms with Gasteiger partial charge < -0.3 is 25.3 Å². The van der Waals surface area contributed by atoms with Gasteiger partial charge in [-0.05, 0) is 69.5 Å². The molecular weight excluding hydrogens is 416 g/mol. The van der Waals surface area contributed by atoms with E-state index in [9.17, 15) is 9.59 Å². The summed E-state index contributed by atoms with van der Waals surface area (Å²) in [6.07, 6.45) is 2.30. The Morgan fingerprint density at radius 1 is 1.06 bits per heavy atom. The van der Waals surface area contributed by atoms with Crippen molar-refractivity contribution in [2.75, 3.05) is 25.0 Å². The van der Waals surface area contributed by atoms with Gasteiger partial charge in [-0.15, -0.1) is 0 Å². The Morgan fingerprint density at radius 3 is 2.58 bits per heavy atom. The molecule has 172 valence electrons. The molecule has 0 radical (unpaired) electrons. The van der Waals surface area contributed by atoms with Crippen LogP contribution in [0.4, 0.5) is 10.5 Å². The Morgan fingerprint density at radius 2 is 1.85 bits per heavy atom. The van der Waals surface area contributed by atoms with E-state index in [0.29, 0.717) is 22.9 Å². The largest absolute Gasteiger partial charge is 0.450 e. The molecule has 33 heavy (non-hydrogen) atoms. The molecule has 3 aliphatic heterocycles. The van der Waals surface area contributed by atoms with Gasteiger partial charge in [-0.2, -0.15) is 0 Å². The van der Waals surface area contributed by atoms with Crippen LogP contribution in [0.25, 0.3) is 22.1 Å². The number of anilines is 1. The maximum Gasteiger partial charge on any atom is 0.319 e. The van der Waals surface area contributed by atoms with Crippen LogP contribution in [0.1, 0.15) is 37.2 Å². The van der Waals surface area contributed by atoms with E-state index in [1.807, 2.05) is 62.4 Å². The van der Waals surface area contributed by atoms with Gasteiger partial charge in [0.15, 0.2) is 5.76 Å². The number of nitrogens with one attached hydrogen (secondary N) is 3. The monoisotopic (exact) mass is 446 g/mol. The molecule has 7 heteroatoms. The van der Waals surface area contributed by atoms with Crippen LogP contribution in [0.5, 0.6) is 0 Å². The second kappa shape index (κ2) is 8.90. The minimum atomic E-state index is -0.245. The Bertz CT molecular complexity index is 1180. The number of hydrogen-bond donors (Lipinski definition) is 3. The molecule has 4 heterocycles. The molecule has 1 aromatic heterocycles. The van der Waals surface area contributed by atoms with E-state index < -0.39 is 0 Å². The minimum absolute atomic E-state index is 0.0515. The number of rotatable bonds is 5. The van der Waals surface area contributed by atoms with Gasteiger partial charge in [0, 0.05) is 35.3 Å². The van der Waals surface area contributed by atoms with E-state index in [1.165, 1.54) is 0 Å². The lowest BCUT2D eigenvalue weighted by atomic mass is 9.84. The normalized spacial score (nSPS) is 21.8. The van der Waals surface area contributed by atoms with Gasteiger partial charge in [0.1, 0.15) is 5.58 Å². The van der Waals surface area contributed by atoms with Gasteiger partial charge in [0.25, 0.3) is 5.91 Å². The zero-order chi connectivity index (χ0) is 22.9. The highest BCUT2D eigenvalue weighted by Gasteiger charge is 2.35. The van der Waals surface area contributed by atoms with Crippen LogP contribution in [-0.2, 0) is 0 Å². The summed E-state index contributed by atoms with van der Waals surface area (Å²) in [5, 5.41) is 9.77. The van der Waals surface area contributed by atoms with Crippen molar-refractivity contribution in [2.45, 2.75) is 38.8 Å². The molecule has 6 rings (SSSR count). The lowest BCUT2D eigenvalue weighted by Gasteiger charge is -2.44. The highest BCUT2D eigenvalue weighted by molar-refractivity contribution is 6.00. The van der Waals surface area contributed by atoms with Crippen molar-refractivity contribution >= 4 is 28.6 Å². The van der Waals surface area contributed by atoms with Gasteiger partial charge in [0.2, 0.25) is 0 Å². The number of carbonyl (C=O) groups is 2. The summed E-state index contributed by atoms with van der Waals surface area (Å²) in [5.74, 6) is 0.734. The first-order chi connectivity index (χ1) is 16.0. The zero-order valence-corrected chi connectivity index (χ0v) is 19.1. The fourth-order valence-corrected chi connectivity index (χ4v) is 4.96. The second-order valence-corrected chi connectivity index (χ2v) is 9.39. The molecule has 3 aliphatic rings. The van der Waals surface area contributed by atoms with E-state index >= 15 is 0 Å². The molecule has 7 nitrogen and oxygen atoms in total. The number of nitrogens with zero attached hydrogens (tertiary/aromatic N) is 1. The first kappa shape index (κ1) is 21.5. The van der Waals surface area contributed by atoms with Crippen LogP contribution in [0.3, 0.4) is 0 Å². The highest BCUT2D eigenvalue weighted by atomic mass is 16.3. The van der Waals surface area contributed by atoms with Crippen molar-refractivity contribution < 1.29 is 14.0 Å². The zero-order valence-electron chi connectivity index (χ0n) is 19.1. The van der Waals surface area contributed by atoms with Crippen molar-refractivity contribution in [3.8, 4) is 11.1 Å². The van der Waals surface area contributed by atoms with E-state index in [0.717, 1.165) is 49.0 Å². The van der Waals surface area contributed by atoms with Crippen molar-refractivity contribution in [1.29, 1.82) is 0 Å². The molecule has 0 saturated carbocycles. The first-order valence-electron chi connectivity index (χ1n) is 11.7. The molecule has 0 aliphatic carbocycles. The van der Waals surface area contributed by atoms with Gasteiger partial charge in [-0.3, -0.25) is 4.79 Å². The lowest BCUT2D eigenvalue weighted by molar-refractivity contribution is 0.0607. The number of carbonyl (C=O) groups excluding carboxylic acids is 2. The molecule has 0 unspecified atom stereocenters. The van der Waals surface area contributed by atoms with Crippen molar-refractivity contribution in [1.82, 2.24) is 15.5 Å². The number of benzene rings is 2. The maximum absolute atomic E-state index is 13.0. The molecule has 2 aromatic carbocycles. The number of urea groups is 1. The molecule has 1 atom stereocenters. The predicted octanol–water partition coefficient (Wildman–Crippen LogP) is 4.45. The van der Waals surface area contributed by atoms with Crippen molar-refractivity contribution in [3.63, 3.8) is 0 Å².